The van der Waals surface area contributed by atoms with Crippen LogP contribution in [0.4, 0.5) is 28.4 Å². The standard InChI is InChI=1S/C51H60N8O10S2/c1-32(2)70(63,64)47-8-4-3-6-38(47)41-7-5-19-57(41)36-27-51(28-36)16-20-56(21-17-51)35-9-11-39(42(25-35)58-44-24-34-13-18-52-48(34)54-50(44)69-46-31-68-30-45(46)58)49(60)55-71(65,66)37-10-12-40(43(26-37)59(61)62)53-29-33-14-22-67-23-15-33/h3-4,6,8-13,18,24-26,32-33,36,41,45-46,53H,5,7,14-17,19-23,27-31H2,1-2H3,(H,52,54)(H,55,60)/t41-,45+,46+/m0/s1. The van der Waals surface area contributed by atoms with E-state index >= 15 is 0 Å². The maximum Gasteiger partial charge on any atom is 0.293 e. The maximum absolute atomic E-state index is 14.6. The van der Waals surface area contributed by atoms with Gasteiger partial charge in [0.25, 0.3) is 21.6 Å². The lowest BCUT2D eigenvalue weighted by Gasteiger charge is -2.56. The molecule has 0 unspecified atom stereocenters. The molecule has 1 aliphatic carbocycles. The smallest absolute Gasteiger partial charge is 0.293 e. The molecule has 7 heterocycles. The highest BCUT2D eigenvalue weighted by Gasteiger charge is 2.51. The van der Waals surface area contributed by atoms with Gasteiger partial charge in [0, 0.05) is 68.3 Å². The minimum absolute atomic E-state index is 0.0682. The second-order valence-electron chi connectivity index (χ2n) is 20.4. The van der Waals surface area contributed by atoms with Gasteiger partial charge in [0.1, 0.15) is 23.1 Å². The first-order valence-electron chi connectivity index (χ1n) is 24.8. The Morgan fingerprint density at radius 2 is 1.72 bits per heavy atom. The second kappa shape index (κ2) is 18.7. The van der Waals surface area contributed by atoms with E-state index in [2.05, 4.69) is 24.8 Å². The third kappa shape index (κ3) is 8.88. The van der Waals surface area contributed by atoms with Crippen LogP contribution >= 0.6 is 0 Å². The zero-order valence-electron chi connectivity index (χ0n) is 39.9. The van der Waals surface area contributed by atoms with Gasteiger partial charge in [-0.25, -0.2) is 21.6 Å². The summed E-state index contributed by atoms with van der Waals surface area (Å²) in [6.45, 7) is 8.24. The molecular formula is C51H60N8O10S2. The van der Waals surface area contributed by atoms with Gasteiger partial charge in [-0.05, 0) is 137 Å². The van der Waals surface area contributed by atoms with Gasteiger partial charge < -0.3 is 34.3 Å². The number of H-pyrrole nitrogens is 1. The SMILES string of the molecule is CC(C)S(=O)(=O)c1ccccc1[C@@H]1CCCN1C1CC2(CCN(c3ccc(C(=O)NS(=O)(=O)c4ccc(NCC5CCOCC5)c([N+](=O)[O-])c4)c(N4c5cc6cc[nH]c6nc5O[C@@H]5COC[C@H]54)c3)CC2)C1. The summed E-state index contributed by atoms with van der Waals surface area (Å²) in [4.78, 5) is 41.1. The van der Waals surface area contributed by atoms with E-state index in [0.29, 0.717) is 53.6 Å². The fraction of sp³-hybridized carbons (Fsp3) is 0.490. The summed E-state index contributed by atoms with van der Waals surface area (Å²) >= 11 is 0. The Bertz CT molecular complexity index is 3090. The molecule has 3 aromatic carbocycles. The molecule has 2 aromatic heterocycles. The van der Waals surface area contributed by atoms with E-state index in [1.807, 2.05) is 47.4 Å². The van der Waals surface area contributed by atoms with E-state index in [-0.39, 0.29) is 47.9 Å². The van der Waals surface area contributed by atoms with Gasteiger partial charge in [0.15, 0.2) is 9.84 Å². The largest absolute Gasteiger partial charge is 0.468 e. The number of carbonyl (C=O) groups is 1. The van der Waals surface area contributed by atoms with Crippen molar-refractivity contribution in [3.63, 3.8) is 0 Å². The van der Waals surface area contributed by atoms with Gasteiger partial charge in [-0.15, -0.1) is 0 Å². The summed E-state index contributed by atoms with van der Waals surface area (Å²) in [6, 6.07) is 20.5. The quantitative estimate of drug-likeness (QED) is 0.0769. The number of sulfonamides is 1. The van der Waals surface area contributed by atoms with E-state index in [4.69, 9.17) is 19.2 Å². The Hall–Kier alpha value is -5.80. The number of aromatic nitrogens is 2. The summed E-state index contributed by atoms with van der Waals surface area (Å²) in [5.41, 5.74) is 3.46. The van der Waals surface area contributed by atoms with Gasteiger partial charge in [-0.3, -0.25) is 19.8 Å². The lowest BCUT2D eigenvalue weighted by molar-refractivity contribution is -0.384. The Kier molecular flexibility index (Phi) is 12.5. The highest BCUT2D eigenvalue weighted by Crippen LogP contribution is 2.55. The van der Waals surface area contributed by atoms with Crippen molar-refractivity contribution >= 4 is 65.2 Å². The Balaban J connectivity index is 0.859. The minimum atomic E-state index is -4.62. The Labute approximate surface area is 413 Å². The lowest BCUT2D eigenvalue weighted by atomic mass is 9.60. The maximum atomic E-state index is 14.6. The molecule has 376 valence electrons. The van der Waals surface area contributed by atoms with Crippen molar-refractivity contribution < 1.29 is 40.8 Å². The number of rotatable bonds is 13. The number of nitro benzene ring substituents is 1. The highest BCUT2D eigenvalue weighted by molar-refractivity contribution is 7.92. The number of anilines is 4. The number of piperidine rings is 1. The number of carbonyl (C=O) groups excluding carboxylic acids is 1. The Morgan fingerprint density at radius 1 is 0.930 bits per heavy atom. The third-order valence-corrected chi connectivity index (χ3v) is 19.5. The van der Waals surface area contributed by atoms with E-state index in [9.17, 15) is 31.7 Å². The second-order valence-corrected chi connectivity index (χ2v) is 24.6. The fourth-order valence-electron chi connectivity index (χ4n) is 11.9. The summed E-state index contributed by atoms with van der Waals surface area (Å²) < 4.78 is 75.2. The number of hydrogen-bond acceptors (Lipinski definition) is 15. The number of aromatic amines is 1. The van der Waals surface area contributed by atoms with Crippen molar-refractivity contribution in [2.45, 2.75) is 104 Å². The molecule has 0 bridgehead atoms. The molecule has 3 atom stereocenters. The van der Waals surface area contributed by atoms with Crippen molar-refractivity contribution in [1.82, 2.24) is 19.6 Å². The van der Waals surface area contributed by atoms with Gasteiger partial charge in [-0.2, -0.15) is 4.98 Å². The molecule has 20 heteroatoms. The van der Waals surface area contributed by atoms with E-state index in [1.54, 1.807) is 32.2 Å². The van der Waals surface area contributed by atoms with Gasteiger partial charge >= 0.3 is 0 Å². The van der Waals surface area contributed by atoms with E-state index in [1.165, 1.54) is 12.1 Å². The molecule has 1 saturated carbocycles. The van der Waals surface area contributed by atoms with Gasteiger partial charge in [-0.1, -0.05) is 18.2 Å². The number of benzene rings is 3. The summed E-state index contributed by atoms with van der Waals surface area (Å²) in [7, 11) is -8.06. The third-order valence-electron chi connectivity index (χ3n) is 15.9. The highest BCUT2D eigenvalue weighted by atomic mass is 32.2. The van der Waals surface area contributed by atoms with Crippen molar-refractivity contribution in [2.75, 3.05) is 67.7 Å². The average Bonchev–Trinajstić information content (AvgIpc) is 4.15. The van der Waals surface area contributed by atoms with Crippen molar-refractivity contribution in [2.24, 2.45) is 11.3 Å². The zero-order chi connectivity index (χ0) is 49.2. The molecule has 71 heavy (non-hydrogen) atoms. The normalized spacial score (nSPS) is 22.8. The number of ether oxygens (including phenoxy) is 3. The van der Waals surface area contributed by atoms with Crippen LogP contribution in [0.5, 0.6) is 5.88 Å². The number of likely N-dealkylation sites (tertiary alicyclic amines) is 1. The van der Waals surface area contributed by atoms with Crippen LogP contribution in [0, 0.1) is 21.4 Å². The van der Waals surface area contributed by atoms with Crippen LogP contribution in [0.2, 0.25) is 0 Å². The van der Waals surface area contributed by atoms with Crippen LogP contribution in [-0.4, -0.2) is 119 Å². The number of nitro groups is 1. The molecule has 3 N–H and O–H groups in total. The average molecular weight is 1010 g/mol. The number of amides is 1. The topological polar surface area (TPSA) is 219 Å². The fourth-order valence-corrected chi connectivity index (χ4v) is 14.2. The van der Waals surface area contributed by atoms with Crippen molar-refractivity contribution in [3.8, 4) is 5.88 Å². The van der Waals surface area contributed by atoms with Gasteiger partial charge in [0.2, 0.25) is 5.88 Å². The monoisotopic (exact) mass is 1010 g/mol. The number of nitrogens with zero attached hydrogens (tertiary/aromatic N) is 5. The molecule has 1 amide bonds. The molecule has 11 rings (SSSR count). The Morgan fingerprint density at radius 3 is 2.49 bits per heavy atom. The van der Waals surface area contributed by atoms with E-state index in [0.717, 1.165) is 93.7 Å². The zero-order valence-corrected chi connectivity index (χ0v) is 41.6. The lowest BCUT2D eigenvalue weighted by Crippen LogP contribution is -2.55. The number of hydrogen-bond donors (Lipinski definition) is 3. The minimum Gasteiger partial charge on any atom is -0.468 e. The van der Waals surface area contributed by atoms with Crippen LogP contribution in [0.3, 0.4) is 0 Å². The van der Waals surface area contributed by atoms with Crippen LogP contribution in [0.25, 0.3) is 11.0 Å². The molecule has 5 aromatic rings. The predicted octanol–water partition coefficient (Wildman–Crippen LogP) is 7.49. The molecule has 18 nitrogen and oxygen atoms in total. The van der Waals surface area contributed by atoms with Crippen molar-refractivity contribution in [3.05, 3.63) is 100 Å². The molecule has 4 saturated heterocycles. The number of fused-ring (bicyclic) bond motifs is 3. The first-order chi connectivity index (χ1) is 34.2. The summed E-state index contributed by atoms with van der Waals surface area (Å²) in [6.07, 6.45) is 8.94. The van der Waals surface area contributed by atoms with Crippen LogP contribution < -0.4 is 24.6 Å². The molecule has 0 radical (unpaired) electrons. The van der Waals surface area contributed by atoms with Crippen LogP contribution in [0.15, 0.2) is 88.8 Å². The molecule has 5 aliphatic heterocycles. The van der Waals surface area contributed by atoms with E-state index < -0.39 is 52.6 Å². The van der Waals surface area contributed by atoms with Crippen molar-refractivity contribution in [1.29, 1.82) is 0 Å². The number of pyridine rings is 1. The predicted molar refractivity (Wildman–Crippen MR) is 268 cm³/mol. The number of sulfone groups is 1. The molecular weight excluding hydrogens is 949 g/mol. The molecule has 1 spiro atoms. The van der Waals surface area contributed by atoms with Crippen LogP contribution in [0.1, 0.15) is 87.2 Å². The molecule has 5 fully saturated rings. The first kappa shape index (κ1) is 47.5. The first-order valence-corrected chi connectivity index (χ1v) is 27.9. The van der Waals surface area contributed by atoms with Crippen LogP contribution in [-0.2, 0) is 29.3 Å². The van der Waals surface area contributed by atoms with Gasteiger partial charge in [0.05, 0.1) is 50.5 Å². The number of nitrogens with one attached hydrogen (secondary N) is 3. The summed E-state index contributed by atoms with van der Waals surface area (Å²) in [5, 5.41) is 15.7. The molecule has 6 aliphatic rings. The summed E-state index contributed by atoms with van der Waals surface area (Å²) in [5.74, 6) is -0.302.